The lowest BCUT2D eigenvalue weighted by molar-refractivity contribution is 0.387. The topological polar surface area (TPSA) is 30.7 Å². The van der Waals surface area contributed by atoms with E-state index in [2.05, 4.69) is 96.4 Å². The molecule has 4 aromatic rings. The molecular weight excluding hydrogens is 362 g/mol. The monoisotopic (exact) mass is 387 g/mol. The summed E-state index contributed by atoms with van der Waals surface area (Å²) in [5, 5.41) is 9.06. The van der Waals surface area contributed by atoms with Crippen molar-refractivity contribution in [2.75, 3.05) is 0 Å². The Hall–Kier alpha value is -2.59. The van der Waals surface area contributed by atoms with Gasteiger partial charge in [-0.25, -0.2) is 4.68 Å². The van der Waals surface area contributed by atoms with E-state index < -0.39 is 0 Å². The van der Waals surface area contributed by atoms with Gasteiger partial charge >= 0.3 is 0 Å². The van der Waals surface area contributed by atoms with Crippen LogP contribution in [0, 0.1) is 13.8 Å². The van der Waals surface area contributed by atoms with Gasteiger partial charge in [0.25, 0.3) is 0 Å². The van der Waals surface area contributed by atoms with Crippen LogP contribution < -0.4 is 0 Å². The molecule has 3 nitrogen and oxygen atoms in total. The molecule has 0 bridgehead atoms. The Morgan fingerprint density at radius 2 is 1.50 bits per heavy atom. The van der Waals surface area contributed by atoms with Gasteiger partial charge in [-0.2, -0.15) is 0 Å². The van der Waals surface area contributed by atoms with Gasteiger partial charge < -0.3 is 0 Å². The van der Waals surface area contributed by atoms with Crippen molar-refractivity contribution in [3.05, 3.63) is 89.5 Å². The Bertz CT molecular complexity index is 1020. The molecule has 0 fully saturated rings. The third kappa shape index (κ3) is 3.69. The highest BCUT2D eigenvalue weighted by Crippen LogP contribution is 2.43. The van der Waals surface area contributed by atoms with Gasteiger partial charge in [0.05, 0.1) is 5.52 Å². The number of aromatic nitrogens is 3. The van der Waals surface area contributed by atoms with Crippen molar-refractivity contribution >= 4 is 22.8 Å². The average Bonchev–Trinajstić information content (AvgIpc) is 3.16. The van der Waals surface area contributed by atoms with Crippen molar-refractivity contribution in [3.8, 4) is 0 Å². The summed E-state index contributed by atoms with van der Waals surface area (Å²) < 4.78 is 2.13. The second-order valence-electron chi connectivity index (χ2n) is 7.37. The van der Waals surface area contributed by atoms with Gasteiger partial charge in [0.15, 0.2) is 0 Å². The van der Waals surface area contributed by atoms with E-state index in [-0.39, 0.29) is 4.87 Å². The summed E-state index contributed by atoms with van der Waals surface area (Å²) in [4.78, 5) is 1.000. The first-order chi connectivity index (χ1) is 13.6. The van der Waals surface area contributed by atoms with Crippen LogP contribution in [-0.2, 0) is 11.3 Å². The van der Waals surface area contributed by atoms with E-state index in [1.165, 1.54) is 21.6 Å². The average molecular weight is 388 g/mol. The minimum atomic E-state index is -0.249. The smallest absolute Gasteiger partial charge is 0.118 e. The predicted molar refractivity (Wildman–Crippen MR) is 118 cm³/mol. The van der Waals surface area contributed by atoms with E-state index >= 15 is 0 Å². The lowest BCUT2D eigenvalue weighted by atomic mass is 10.0. The minimum Gasteiger partial charge on any atom is -0.228 e. The molecule has 0 aliphatic rings. The second kappa shape index (κ2) is 7.80. The van der Waals surface area contributed by atoms with Crippen molar-refractivity contribution in [1.29, 1.82) is 0 Å². The number of nitrogens with zero attached hydrogens (tertiary/aromatic N) is 3. The Kier molecular flexibility index (Phi) is 5.23. The maximum absolute atomic E-state index is 4.61. The molecule has 0 N–H and O–H groups in total. The molecule has 3 aromatic carbocycles. The highest BCUT2D eigenvalue weighted by Gasteiger charge is 2.35. The number of benzene rings is 3. The maximum atomic E-state index is 4.61. The highest BCUT2D eigenvalue weighted by atomic mass is 32.2. The van der Waals surface area contributed by atoms with Gasteiger partial charge in [0.1, 0.15) is 10.4 Å². The number of fused-ring (bicyclic) bond motifs is 1. The molecule has 142 valence electrons. The summed E-state index contributed by atoms with van der Waals surface area (Å²) in [6.45, 7) is 6.49. The fourth-order valence-electron chi connectivity index (χ4n) is 3.52. The molecule has 0 spiro atoms. The molecule has 1 unspecified atom stereocenters. The minimum absolute atomic E-state index is 0.249. The van der Waals surface area contributed by atoms with Gasteiger partial charge in [-0.1, -0.05) is 83.6 Å². The highest BCUT2D eigenvalue weighted by molar-refractivity contribution is 8.00. The molecule has 0 saturated carbocycles. The third-order valence-corrected chi connectivity index (χ3v) is 6.71. The summed E-state index contributed by atoms with van der Waals surface area (Å²) in [5.74, 6) is 0. The summed E-state index contributed by atoms with van der Waals surface area (Å²) in [6, 6.07) is 25.8. The predicted octanol–water partition coefficient (Wildman–Crippen LogP) is 6.15. The van der Waals surface area contributed by atoms with Crippen molar-refractivity contribution in [2.24, 2.45) is 0 Å². The SMILES string of the molecule is CCC(Cc1ccc(C)cc1)(Sc1ccc(C)cc1)n1nnc2ccccc21. The zero-order chi connectivity index (χ0) is 19.6. The quantitative estimate of drug-likeness (QED) is 0.372. The van der Waals surface area contributed by atoms with Crippen LogP contribution in [-0.4, -0.2) is 15.0 Å². The lowest BCUT2D eigenvalue weighted by Gasteiger charge is -2.33. The van der Waals surface area contributed by atoms with Gasteiger partial charge in [0, 0.05) is 11.3 Å². The second-order valence-corrected chi connectivity index (χ2v) is 8.80. The summed E-state index contributed by atoms with van der Waals surface area (Å²) in [5.41, 5.74) is 5.89. The number of para-hydroxylation sites is 1. The molecule has 4 rings (SSSR count). The van der Waals surface area contributed by atoms with Gasteiger partial charge in [-0.3, -0.25) is 0 Å². The van der Waals surface area contributed by atoms with Crippen LogP contribution >= 0.6 is 11.8 Å². The van der Waals surface area contributed by atoms with Gasteiger partial charge in [0.2, 0.25) is 0 Å². The van der Waals surface area contributed by atoms with Crippen LogP contribution in [0.15, 0.2) is 77.7 Å². The van der Waals surface area contributed by atoms with Crippen LogP contribution in [0.25, 0.3) is 11.0 Å². The Labute approximate surface area is 170 Å². The van der Waals surface area contributed by atoms with E-state index in [9.17, 15) is 0 Å². The van der Waals surface area contributed by atoms with E-state index in [0.717, 1.165) is 23.9 Å². The molecule has 4 heteroatoms. The summed E-state index contributed by atoms with van der Waals surface area (Å²) >= 11 is 1.88. The fourth-order valence-corrected chi connectivity index (χ4v) is 4.84. The zero-order valence-electron chi connectivity index (χ0n) is 16.6. The van der Waals surface area contributed by atoms with Gasteiger partial charge in [-0.15, -0.1) is 5.10 Å². The van der Waals surface area contributed by atoms with Crippen LogP contribution in [0.3, 0.4) is 0 Å². The van der Waals surface area contributed by atoms with Crippen LogP contribution in [0.2, 0.25) is 0 Å². The van der Waals surface area contributed by atoms with Crippen molar-refractivity contribution in [3.63, 3.8) is 0 Å². The largest absolute Gasteiger partial charge is 0.228 e. The first-order valence-electron chi connectivity index (χ1n) is 9.72. The third-order valence-electron chi connectivity index (χ3n) is 5.22. The van der Waals surface area contributed by atoms with Crippen LogP contribution in [0.5, 0.6) is 0 Å². The van der Waals surface area contributed by atoms with Gasteiger partial charge in [-0.05, 0) is 50.1 Å². The van der Waals surface area contributed by atoms with E-state index in [1.807, 2.05) is 23.9 Å². The number of rotatable bonds is 6. The Balaban J connectivity index is 1.82. The number of hydrogen-bond donors (Lipinski definition) is 0. The van der Waals surface area contributed by atoms with Crippen molar-refractivity contribution < 1.29 is 0 Å². The molecule has 0 amide bonds. The van der Waals surface area contributed by atoms with E-state index in [0.29, 0.717) is 0 Å². The van der Waals surface area contributed by atoms with Crippen molar-refractivity contribution in [1.82, 2.24) is 15.0 Å². The van der Waals surface area contributed by atoms with E-state index in [4.69, 9.17) is 0 Å². The zero-order valence-corrected chi connectivity index (χ0v) is 17.4. The fraction of sp³-hybridized carbons (Fsp3) is 0.250. The molecule has 1 atom stereocenters. The molecule has 28 heavy (non-hydrogen) atoms. The standard InChI is InChI=1S/C24H25N3S/c1-4-24(17-20-13-9-18(2)10-14-20,28-21-15-11-19(3)12-16-21)27-23-8-6-5-7-22(23)25-26-27/h5-16H,4,17H2,1-3H3. The number of thioether (sulfide) groups is 1. The number of aryl methyl sites for hydroxylation is 2. The van der Waals surface area contributed by atoms with Crippen LogP contribution in [0.1, 0.15) is 30.0 Å². The van der Waals surface area contributed by atoms with E-state index in [1.54, 1.807) is 0 Å². The molecule has 1 heterocycles. The van der Waals surface area contributed by atoms with Crippen molar-refractivity contribution in [2.45, 2.75) is 43.4 Å². The normalized spacial score (nSPS) is 13.5. The Morgan fingerprint density at radius 1 is 0.857 bits per heavy atom. The molecule has 0 radical (unpaired) electrons. The first-order valence-corrected chi connectivity index (χ1v) is 10.5. The Morgan fingerprint density at radius 3 is 2.18 bits per heavy atom. The van der Waals surface area contributed by atoms with Crippen LogP contribution in [0.4, 0.5) is 0 Å². The maximum Gasteiger partial charge on any atom is 0.118 e. The molecule has 0 saturated heterocycles. The lowest BCUT2D eigenvalue weighted by Crippen LogP contribution is -2.33. The molecular formula is C24H25N3S. The molecule has 0 aliphatic carbocycles. The summed E-state index contributed by atoms with van der Waals surface area (Å²) in [7, 11) is 0. The number of hydrogen-bond acceptors (Lipinski definition) is 3. The summed E-state index contributed by atoms with van der Waals surface area (Å²) in [6.07, 6.45) is 1.82. The molecule has 1 aromatic heterocycles. The first kappa shape index (κ1) is 18.8. The molecule has 0 aliphatic heterocycles.